The summed E-state index contributed by atoms with van der Waals surface area (Å²) in [6.45, 7) is 4.19. The number of carbonyl (C=O) groups excluding carboxylic acids is 2. The summed E-state index contributed by atoms with van der Waals surface area (Å²) in [5, 5.41) is 30.9. The summed E-state index contributed by atoms with van der Waals surface area (Å²) in [7, 11) is 1.22. The lowest BCUT2D eigenvalue weighted by Crippen LogP contribution is -2.56. The number of hydrogen-bond acceptors (Lipinski definition) is 8. The first-order chi connectivity index (χ1) is 22.0. The minimum Gasteiger partial charge on any atom is -0.465 e. The smallest absolute Gasteiger partial charge is 0.338 e. The number of amides is 1. The zero-order valence-corrected chi connectivity index (χ0v) is 27.2. The third kappa shape index (κ3) is 5.26. The number of nitro benzene ring substituents is 1. The Hall–Kier alpha value is -3.54. The summed E-state index contributed by atoms with van der Waals surface area (Å²) < 4.78 is 4.76. The van der Waals surface area contributed by atoms with Gasteiger partial charge in [-0.25, -0.2) is 4.79 Å². The monoisotopic (exact) mass is 666 g/mol. The molecule has 2 aliphatic heterocycles. The van der Waals surface area contributed by atoms with Crippen LogP contribution >= 0.6 is 23.2 Å². The number of aliphatic hydroxyl groups excluding tert-OH is 1. The van der Waals surface area contributed by atoms with Crippen LogP contribution < -0.4 is 10.6 Å². The third-order valence-electron chi connectivity index (χ3n) is 10.3. The summed E-state index contributed by atoms with van der Waals surface area (Å²) >= 11 is 13.0. The number of anilines is 1. The molecular weight excluding hydrogens is 631 g/mol. The molecule has 1 spiro atoms. The van der Waals surface area contributed by atoms with Crippen molar-refractivity contribution in [2.24, 2.45) is 11.8 Å². The fourth-order valence-corrected chi connectivity index (χ4v) is 8.47. The Morgan fingerprint density at radius 1 is 1.11 bits per heavy atom. The summed E-state index contributed by atoms with van der Waals surface area (Å²) in [5.41, 5.74) is 1.09. The van der Waals surface area contributed by atoms with E-state index in [-0.39, 0.29) is 36.4 Å². The van der Waals surface area contributed by atoms with E-state index >= 15 is 0 Å². The molecule has 0 bridgehead atoms. The van der Waals surface area contributed by atoms with E-state index in [1.165, 1.54) is 25.3 Å². The number of nitrogens with zero attached hydrogens (tertiary/aromatic N) is 2. The molecule has 3 aliphatic rings. The number of rotatable bonds is 8. The molecule has 242 valence electrons. The quantitative estimate of drug-likeness (QED) is 0.154. The first kappa shape index (κ1) is 32.4. The highest BCUT2D eigenvalue weighted by molar-refractivity contribution is 6.31. The third-order valence-corrected chi connectivity index (χ3v) is 10.7. The highest BCUT2D eigenvalue weighted by Crippen LogP contribution is 2.59. The van der Waals surface area contributed by atoms with Crippen molar-refractivity contribution in [2.75, 3.05) is 19.0 Å². The van der Waals surface area contributed by atoms with Gasteiger partial charge >= 0.3 is 5.97 Å². The Balaban J connectivity index is 1.53. The van der Waals surface area contributed by atoms with Crippen LogP contribution in [-0.2, 0) is 21.6 Å². The van der Waals surface area contributed by atoms with Crippen molar-refractivity contribution in [2.45, 2.75) is 62.8 Å². The highest BCUT2D eigenvalue weighted by Gasteiger charge is 2.68. The van der Waals surface area contributed by atoms with E-state index in [1.807, 2.05) is 24.3 Å². The number of ether oxygens (including phenoxy) is 1. The lowest BCUT2D eigenvalue weighted by Gasteiger charge is -2.43. The summed E-state index contributed by atoms with van der Waals surface area (Å²) in [6.07, 6.45) is 1.68. The lowest BCUT2D eigenvalue weighted by atomic mass is 9.73. The lowest BCUT2D eigenvalue weighted by molar-refractivity contribution is -0.385. The van der Waals surface area contributed by atoms with E-state index in [4.69, 9.17) is 27.9 Å². The number of methoxy groups -OCH3 is 1. The van der Waals surface area contributed by atoms with Crippen molar-refractivity contribution in [1.29, 1.82) is 0 Å². The van der Waals surface area contributed by atoms with Crippen molar-refractivity contribution in [1.82, 2.24) is 10.2 Å². The Kier molecular flexibility index (Phi) is 8.86. The Labute approximate surface area is 277 Å². The van der Waals surface area contributed by atoms with Crippen molar-refractivity contribution in [3.63, 3.8) is 0 Å². The SMILES string of the molecule is COC(=O)c1ccc(CN[C@@H]2[C@H](CO)N(C3C[C@H](C)[C@@H](C)C3)[C@@]3(C(=O)Nc4cc(Cl)ccc43)[C@H]2c2cccc(Cl)c2)c([N+](=O)[O-])c1. The van der Waals surface area contributed by atoms with Gasteiger partial charge in [0, 0.05) is 57.5 Å². The van der Waals surface area contributed by atoms with Gasteiger partial charge in [-0.3, -0.25) is 19.8 Å². The van der Waals surface area contributed by atoms with Gasteiger partial charge in [0.1, 0.15) is 5.54 Å². The van der Waals surface area contributed by atoms with Gasteiger partial charge in [-0.2, -0.15) is 0 Å². The summed E-state index contributed by atoms with van der Waals surface area (Å²) in [4.78, 5) is 40.6. The van der Waals surface area contributed by atoms with Gasteiger partial charge < -0.3 is 20.5 Å². The Morgan fingerprint density at radius 3 is 2.48 bits per heavy atom. The molecule has 3 aromatic carbocycles. The summed E-state index contributed by atoms with van der Waals surface area (Å²) in [5.74, 6) is -0.654. The van der Waals surface area contributed by atoms with E-state index < -0.39 is 34.4 Å². The highest BCUT2D eigenvalue weighted by atomic mass is 35.5. The molecule has 12 heteroatoms. The van der Waals surface area contributed by atoms with E-state index in [0.717, 1.165) is 24.0 Å². The second kappa shape index (κ2) is 12.6. The molecule has 6 rings (SSSR count). The van der Waals surface area contributed by atoms with Crippen molar-refractivity contribution in [3.05, 3.63) is 103 Å². The molecular formula is C34H36Cl2N4O6. The molecule has 0 aromatic heterocycles. The predicted molar refractivity (Wildman–Crippen MR) is 175 cm³/mol. The van der Waals surface area contributed by atoms with Crippen molar-refractivity contribution < 1.29 is 24.4 Å². The van der Waals surface area contributed by atoms with Gasteiger partial charge in [0.05, 0.1) is 30.2 Å². The van der Waals surface area contributed by atoms with Crippen LogP contribution in [-0.4, -0.2) is 58.6 Å². The molecule has 2 heterocycles. The van der Waals surface area contributed by atoms with Crippen LogP contribution in [0.25, 0.3) is 0 Å². The second-order valence-corrected chi connectivity index (χ2v) is 13.6. The maximum atomic E-state index is 14.6. The summed E-state index contributed by atoms with van der Waals surface area (Å²) in [6, 6.07) is 15.9. The number of hydrogen-bond donors (Lipinski definition) is 3. The fourth-order valence-electron chi connectivity index (χ4n) is 8.10. The van der Waals surface area contributed by atoms with Crippen LogP contribution in [0, 0.1) is 22.0 Å². The maximum absolute atomic E-state index is 14.6. The molecule has 1 aliphatic carbocycles. The maximum Gasteiger partial charge on any atom is 0.338 e. The van der Waals surface area contributed by atoms with Crippen LogP contribution in [0.5, 0.6) is 0 Å². The minimum atomic E-state index is -1.25. The van der Waals surface area contributed by atoms with E-state index in [1.54, 1.807) is 18.2 Å². The Bertz CT molecular complexity index is 1690. The van der Waals surface area contributed by atoms with Crippen LogP contribution in [0.2, 0.25) is 10.0 Å². The number of benzene rings is 3. The van der Waals surface area contributed by atoms with E-state index in [2.05, 4.69) is 29.4 Å². The normalized spacial score (nSPS) is 27.6. The molecule has 0 unspecified atom stereocenters. The predicted octanol–water partition coefficient (Wildman–Crippen LogP) is 5.89. The number of fused-ring (bicyclic) bond motifs is 2. The molecule has 0 radical (unpaired) electrons. The molecule has 3 N–H and O–H groups in total. The van der Waals surface area contributed by atoms with Crippen molar-refractivity contribution in [3.8, 4) is 0 Å². The topological polar surface area (TPSA) is 134 Å². The average Bonchev–Trinajstić information content (AvgIpc) is 3.62. The Morgan fingerprint density at radius 2 is 1.83 bits per heavy atom. The van der Waals surface area contributed by atoms with Gasteiger partial charge in [0.2, 0.25) is 5.91 Å². The van der Waals surface area contributed by atoms with Crippen LogP contribution in [0.15, 0.2) is 60.7 Å². The average molecular weight is 668 g/mol. The van der Waals surface area contributed by atoms with Crippen LogP contribution in [0.1, 0.15) is 59.7 Å². The van der Waals surface area contributed by atoms with Gasteiger partial charge in [-0.1, -0.05) is 61.3 Å². The fraction of sp³-hybridized carbons (Fsp3) is 0.412. The molecule has 6 atom stereocenters. The zero-order valence-electron chi connectivity index (χ0n) is 25.7. The van der Waals surface area contributed by atoms with Gasteiger partial charge in [0.25, 0.3) is 5.69 Å². The first-order valence-corrected chi connectivity index (χ1v) is 16.1. The standard InChI is InChI=1S/C34H36Cl2N4O6/c1-18-11-25(12-19(18)2)39-29(17-41)31(37-16-22-8-7-21(32(42)46-3)14-28(22)40(44)45)30(20-5-4-6-23(35)13-20)34(39)26-10-9-24(36)15-27(26)38-33(34)43/h4-10,13-15,18-19,25,29-31,37,41H,11-12,16-17H2,1-3H3,(H,38,43)/t18-,19-,29-,30-,31+,34+/m0/s1. The molecule has 10 nitrogen and oxygen atoms in total. The minimum absolute atomic E-state index is 0.0308. The van der Waals surface area contributed by atoms with Crippen molar-refractivity contribution >= 4 is 46.5 Å². The molecule has 3 aromatic rings. The number of nitro groups is 1. The molecule has 1 saturated heterocycles. The van der Waals surface area contributed by atoms with Gasteiger partial charge in [-0.15, -0.1) is 0 Å². The largest absolute Gasteiger partial charge is 0.465 e. The molecule has 2 fully saturated rings. The van der Waals surface area contributed by atoms with Crippen LogP contribution in [0.4, 0.5) is 11.4 Å². The zero-order chi connectivity index (χ0) is 32.9. The van der Waals surface area contributed by atoms with Gasteiger partial charge in [0.15, 0.2) is 0 Å². The number of aliphatic hydroxyl groups is 1. The van der Waals surface area contributed by atoms with E-state index in [0.29, 0.717) is 33.1 Å². The van der Waals surface area contributed by atoms with Gasteiger partial charge in [-0.05, 0) is 60.6 Å². The number of halogens is 2. The molecule has 1 saturated carbocycles. The number of esters is 1. The number of likely N-dealkylation sites (tertiary alicyclic amines) is 1. The molecule has 1 amide bonds. The second-order valence-electron chi connectivity index (χ2n) is 12.7. The molecule has 46 heavy (non-hydrogen) atoms. The number of carbonyl (C=O) groups is 2. The van der Waals surface area contributed by atoms with Crippen LogP contribution in [0.3, 0.4) is 0 Å². The first-order valence-electron chi connectivity index (χ1n) is 15.4. The number of nitrogens with one attached hydrogen (secondary N) is 2. The van der Waals surface area contributed by atoms with E-state index in [9.17, 15) is 24.8 Å².